The van der Waals surface area contributed by atoms with Gasteiger partial charge in [0.1, 0.15) is 38.8 Å². The smallest absolute Gasteiger partial charge is 0.333 e. The lowest BCUT2D eigenvalue weighted by Crippen LogP contribution is -2.18. The summed E-state index contributed by atoms with van der Waals surface area (Å²) in [6.07, 6.45) is 5.52. The lowest BCUT2D eigenvalue weighted by atomic mass is 9.79. The van der Waals surface area contributed by atoms with E-state index in [4.69, 9.17) is 28.4 Å². The van der Waals surface area contributed by atoms with E-state index in [9.17, 15) is 19.5 Å². The molecule has 0 heterocycles. The predicted molar refractivity (Wildman–Crippen MR) is 210 cm³/mol. The summed E-state index contributed by atoms with van der Waals surface area (Å²) < 4.78 is 35.8. The molecule has 2 aromatic rings. The lowest BCUT2D eigenvalue weighted by Gasteiger charge is -2.28. The number of esters is 3. The molecule has 1 aliphatic rings. The Morgan fingerprint density at radius 3 is 1.67 bits per heavy atom. The molecule has 0 amide bonds. The number of aliphatic hydroxyl groups excluding tert-OH is 1. The maximum Gasteiger partial charge on any atom is 0.333 e. The number of hydrogen-bond donors (Lipinski definition) is 1. The first kappa shape index (κ1) is 43.6. The Bertz CT molecular complexity index is 1660. The van der Waals surface area contributed by atoms with Gasteiger partial charge in [-0.2, -0.15) is 0 Å². The molecule has 10 nitrogen and oxygen atoms in total. The fourth-order valence-corrected chi connectivity index (χ4v) is 6.16. The van der Waals surface area contributed by atoms with Gasteiger partial charge in [0, 0.05) is 46.4 Å². The molecule has 0 radical (unpaired) electrons. The fourth-order valence-electron chi connectivity index (χ4n) is 6.16. The number of ether oxygens (including phenoxy) is 6. The number of rotatable bonds is 22. The molecule has 54 heavy (non-hydrogen) atoms. The van der Waals surface area contributed by atoms with Gasteiger partial charge in [0.15, 0.2) is 11.5 Å². The molecule has 3 rings (SSSR count). The van der Waals surface area contributed by atoms with Crippen molar-refractivity contribution in [2.45, 2.75) is 85.5 Å². The molecule has 1 N–H and O–H groups in total. The van der Waals surface area contributed by atoms with Gasteiger partial charge in [-0.15, -0.1) is 0 Å². The Morgan fingerprint density at radius 2 is 1.17 bits per heavy atom. The highest BCUT2D eigenvalue weighted by molar-refractivity contribution is 5.88. The van der Waals surface area contributed by atoms with Crippen LogP contribution in [0.2, 0.25) is 0 Å². The Morgan fingerprint density at radius 1 is 0.648 bits per heavy atom. The van der Waals surface area contributed by atoms with Crippen LogP contribution in [0.4, 0.5) is 0 Å². The lowest BCUT2D eigenvalue weighted by molar-refractivity contribution is -0.140. The van der Waals surface area contributed by atoms with Gasteiger partial charge in [-0.1, -0.05) is 70.3 Å². The Balaban J connectivity index is 2.29. The van der Waals surface area contributed by atoms with Gasteiger partial charge < -0.3 is 33.5 Å². The van der Waals surface area contributed by atoms with Gasteiger partial charge in [-0.3, -0.25) is 0 Å². The zero-order chi connectivity index (χ0) is 39.8. The molecule has 294 valence electrons. The van der Waals surface area contributed by atoms with Crippen molar-refractivity contribution < 1.29 is 47.9 Å². The van der Waals surface area contributed by atoms with Crippen molar-refractivity contribution in [2.75, 3.05) is 46.2 Å². The van der Waals surface area contributed by atoms with Crippen molar-refractivity contribution in [3.63, 3.8) is 0 Å². The van der Waals surface area contributed by atoms with E-state index < -0.39 is 17.9 Å². The summed E-state index contributed by atoms with van der Waals surface area (Å²) >= 11 is 0. The van der Waals surface area contributed by atoms with Crippen LogP contribution in [0.15, 0.2) is 72.9 Å². The van der Waals surface area contributed by atoms with Crippen molar-refractivity contribution in [3.05, 3.63) is 89.6 Å². The van der Waals surface area contributed by atoms with E-state index in [1.807, 2.05) is 6.92 Å². The van der Waals surface area contributed by atoms with Crippen LogP contribution in [0.3, 0.4) is 0 Å². The second kappa shape index (κ2) is 21.8. The summed E-state index contributed by atoms with van der Waals surface area (Å²) in [6.45, 7) is 23.8. The highest BCUT2D eigenvalue weighted by Gasteiger charge is 2.29. The Hall–Kier alpha value is -4.83. The first-order valence-corrected chi connectivity index (χ1v) is 18.7. The molecule has 0 aromatic heterocycles. The second-order valence-corrected chi connectivity index (χ2v) is 14.2. The zero-order valence-electron chi connectivity index (χ0n) is 32.8. The molecular weight excluding hydrogens is 688 g/mol. The summed E-state index contributed by atoms with van der Waals surface area (Å²) in [7, 11) is 0. The van der Waals surface area contributed by atoms with Crippen LogP contribution < -0.4 is 14.2 Å². The van der Waals surface area contributed by atoms with Crippen molar-refractivity contribution in [1.82, 2.24) is 0 Å². The Labute approximate surface area is 320 Å². The minimum Gasteiger partial charge on any atom is -0.489 e. The van der Waals surface area contributed by atoms with Crippen molar-refractivity contribution in [3.8, 4) is 28.4 Å². The maximum atomic E-state index is 12.5. The average molecular weight is 747 g/mol. The molecule has 0 saturated heterocycles. The molecule has 10 heteroatoms. The third-order valence-electron chi connectivity index (χ3n) is 9.05. The normalized spacial score (nSPS) is 15.1. The van der Waals surface area contributed by atoms with Crippen LogP contribution in [0.5, 0.6) is 17.2 Å². The third-order valence-corrected chi connectivity index (χ3v) is 9.05. The highest BCUT2D eigenvalue weighted by Crippen LogP contribution is 2.50. The summed E-state index contributed by atoms with van der Waals surface area (Å²) in [5.41, 5.74) is 5.52. The minimum absolute atomic E-state index is 0.00549. The van der Waals surface area contributed by atoms with E-state index in [0.717, 1.165) is 29.9 Å². The van der Waals surface area contributed by atoms with Crippen LogP contribution in [0.1, 0.15) is 89.3 Å². The van der Waals surface area contributed by atoms with Gasteiger partial charge in [-0.05, 0) is 81.9 Å². The van der Waals surface area contributed by atoms with Crippen LogP contribution in [0.25, 0.3) is 11.1 Å². The van der Waals surface area contributed by atoms with Gasteiger partial charge in [-0.25, -0.2) is 14.4 Å². The van der Waals surface area contributed by atoms with E-state index in [1.165, 1.54) is 18.4 Å². The topological polar surface area (TPSA) is 127 Å². The summed E-state index contributed by atoms with van der Waals surface area (Å²) in [5.74, 6) is 0.739. The third kappa shape index (κ3) is 12.9. The monoisotopic (exact) mass is 746 g/mol. The quantitative estimate of drug-likeness (QED) is 0.0414. The van der Waals surface area contributed by atoms with Gasteiger partial charge in [0.05, 0.1) is 6.61 Å². The number of carbonyl (C=O) groups is 3. The molecular formula is C44H58O10. The first-order valence-electron chi connectivity index (χ1n) is 18.7. The van der Waals surface area contributed by atoms with E-state index in [1.54, 1.807) is 20.8 Å². The van der Waals surface area contributed by atoms with Crippen LogP contribution in [-0.4, -0.2) is 69.3 Å². The summed E-state index contributed by atoms with van der Waals surface area (Å²) in [5, 5.41) is 9.99. The maximum absolute atomic E-state index is 12.5. The Kier molecular flexibility index (Phi) is 17.6. The molecule has 0 bridgehead atoms. The van der Waals surface area contributed by atoms with Crippen LogP contribution in [-0.2, 0) is 41.4 Å². The predicted octanol–water partition coefficient (Wildman–Crippen LogP) is 8.19. The van der Waals surface area contributed by atoms with E-state index >= 15 is 0 Å². The van der Waals surface area contributed by atoms with Crippen molar-refractivity contribution in [1.29, 1.82) is 0 Å². The van der Waals surface area contributed by atoms with Crippen LogP contribution in [0, 0.1) is 5.92 Å². The molecule has 0 spiro atoms. The number of benzene rings is 2. The molecule has 1 fully saturated rings. The SMILES string of the molecule is C=C(C)COc1c(OCCOC(=O)C(=C)C)c(CCCO)c(OCCOC(=O)C(=C)C)c(CCOC(=O)C(=C)C)c1-c1ccc(C2CCC(C)CC2)cc1. The molecule has 0 atom stereocenters. The molecule has 0 unspecified atom stereocenters. The summed E-state index contributed by atoms with van der Waals surface area (Å²) in [6, 6.07) is 8.42. The minimum atomic E-state index is -0.545. The molecule has 1 aliphatic carbocycles. The van der Waals surface area contributed by atoms with Crippen LogP contribution >= 0.6 is 0 Å². The van der Waals surface area contributed by atoms with Gasteiger partial charge in [0.25, 0.3) is 0 Å². The molecule has 2 aromatic carbocycles. The fraction of sp³-hybridized carbons (Fsp3) is 0.477. The summed E-state index contributed by atoms with van der Waals surface area (Å²) in [4.78, 5) is 36.9. The van der Waals surface area contributed by atoms with E-state index in [-0.39, 0.29) is 69.4 Å². The second-order valence-electron chi connectivity index (χ2n) is 14.2. The zero-order valence-corrected chi connectivity index (χ0v) is 32.8. The van der Waals surface area contributed by atoms with Gasteiger partial charge >= 0.3 is 17.9 Å². The molecule has 1 saturated carbocycles. The van der Waals surface area contributed by atoms with Gasteiger partial charge in [0.2, 0.25) is 0 Å². The highest BCUT2D eigenvalue weighted by atomic mass is 16.6. The number of hydrogen-bond acceptors (Lipinski definition) is 10. The van der Waals surface area contributed by atoms with Crippen molar-refractivity contribution in [2.24, 2.45) is 5.92 Å². The average Bonchev–Trinajstić information content (AvgIpc) is 3.14. The van der Waals surface area contributed by atoms with E-state index in [0.29, 0.717) is 52.7 Å². The van der Waals surface area contributed by atoms with E-state index in [2.05, 4.69) is 57.5 Å². The largest absolute Gasteiger partial charge is 0.489 e. The molecule has 0 aliphatic heterocycles. The number of carbonyl (C=O) groups excluding carboxylic acids is 3. The first-order chi connectivity index (χ1) is 25.7. The number of aliphatic hydroxyl groups is 1. The van der Waals surface area contributed by atoms with Crippen molar-refractivity contribution >= 4 is 17.9 Å². The standard InChI is InChI=1S/C44H58O10/c1-28(2)27-54-41-38(35-18-16-34(17-19-35)33-14-12-32(9)13-15-33)36(20-22-51-42(46)29(3)4)39(49-23-25-52-43(47)30(5)6)37(11-10-21-45)40(41)50-24-26-53-44(48)31(7)8/h16-19,32-33,45H,1,3,5,7,10-15,20-27H2,2,4,6,8-9H3.